The second kappa shape index (κ2) is 5.40. The second-order valence-corrected chi connectivity index (χ2v) is 4.07. The quantitative estimate of drug-likeness (QED) is 0.940. The van der Waals surface area contributed by atoms with E-state index in [-0.39, 0.29) is 11.4 Å². The summed E-state index contributed by atoms with van der Waals surface area (Å²) in [5, 5.41) is 21.3. The fraction of sp³-hybridized carbons (Fsp3) is 0.154. The van der Waals surface area contributed by atoms with Gasteiger partial charge >= 0.3 is 12.1 Å². The predicted molar refractivity (Wildman–Crippen MR) is 66.8 cm³/mol. The molecule has 0 radical (unpaired) electrons. The van der Waals surface area contributed by atoms with Crippen LogP contribution in [0.4, 0.5) is 13.2 Å². The molecule has 0 saturated heterocycles. The van der Waals surface area contributed by atoms with E-state index in [1.54, 1.807) is 6.07 Å². The molecule has 0 unspecified atom stereocenters. The molecule has 0 aliphatic heterocycles. The van der Waals surface area contributed by atoms with Crippen molar-refractivity contribution in [1.29, 1.82) is 5.26 Å². The maximum Gasteiger partial charge on any atom is 0.436 e. The van der Waals surface area contributed by atoms with Crippen LogP contribution in [-0.2, 0) is 6.18 Å². The number of benzene rings is 1. The molecule has 0 spiro atoms. The van der Waals surface area contributed by atoms with Crippen LogP contribution in [0.25, 0.3) is 5.69 Å². The molecule has 1 aromatic heterocycles. The predicted octanol–water partition coefficient (Wildman–Crippen LogP) is 2.47. The molecule has 0 aliphatic rings. The van der Waals surface area contributed by atoms with E-state index < -0.39 is 29.1 Å². The molecule has 114 valence electrons. The molecule has 6 nitrogen and oxygen atoms in total. The van der Waals surface area contributed by atoms with E-state index in [1.807, 2.05) is 0 Å². The number of carboxylic acids is 1. The highest BCUT2D eigenvalue weighted by molar-refractivity contribution is 5.90. The first-order valence-corrected chi connectivity index (χ1v) is 5.78. The zero-order chi connectivity index (χ0) is 16.5. The number of hydrogen-bond acceptors (Lipinski definition) is 4. The number of alkyl halides is 3. The van der Waals surface area contributed by atoms with Gasteiger partial charge in [-0.2, -0.15) is 23.5 Å². The van der Waals surface area contributed by atoms with Crippen molar-refractivity contribution in [2.75, 3.05) is 7.11 Å². The summed E-state index contributed by atoms with van der Waals surface area (Å²) >= 11 is 0. The normalized spacial score (nSPS) is 11.0. The van der Waals surface area contributed by atoms with Crippen LogP contribution in [0.5, 0.6) is 5.75 Å². The molecule has 2 aromatic rings. The lowest BCUT2D eigenvalue weighted by molar-refractivity contribution is -0.141. The maximum absolute atomic E-state index is 12.9. The van der Waals surface area contributed by atoms with Crippen LogP contribution < -0.4 is 4.74 Å². The Bertz CT molecular complexity index is 775. The Kier molecular flexibility index (Phi) is 3.77. The van der Waals surface area contributed by atoms with Gasteiger partial charge in [-0.05, 0) is 12.1 Å². The third-order valence-corrected chi connectivity index (χ3v) is 2.78. The molecule has 9 heteroatoms. The van der Waals surface area contributed by atoms with Crippen LogP contribution in [0.3, 0.4) is 0 Å². The van der Waals surface area contributed by atoms with Crippen LogP contribution in [-0.4, -0.2) is 28.0 Å². The highest BCUT2D eigenvalue weighted by Gasteiger charge is 2.41. The minimum Gasteiger partial charge on any atom is -0.494 e. The first-order valence-electron chi connectivity index (χ1n) is 5.78. The van der Waals surface area contributed by atoms with Crippen molar-refractivity contribution in [2.24, 2.45) is 0 Å². The molecule has 2 rings (SSSR count). The molecule has 0 saturated carbocycles. The molecule has 1 heterocycles. The molecule has 0 amide bonds. The lowest BCUT2D eigenvalue weighted by Crippen LogP contribution is -2.10. The zero-order valence-electron chi connectivity index (χ0n) is 11.0. The number of ether oxygens (including phenoxy) is 1. The first kappa shape index (κ1) is 15.4. The summed E-state index contributed by atoms with van der Waals surface area (Å²) in [7, 11) is 1.28. The molecule has 0 fully saturated rings. The van der Waals surface area contributed by atoms with Gasteiger partial charge in [0.2, 0.25) is 0 Å². The van der Waals surface area contributed by atoms with Gasteiger partial charge in [0, 0.05) is 0 Å². The number of methoxy groups -OCH3 is 1. The summed E-state index contributed by atoms with van der Waals surface area (Å²) in [5.41, 5.74) is -3.50. The molecule has 0 bridgehead atoms. The van der Waals surface area contributed by atoms with Gasteiger partial charge in [0.15, 0.2) is 11.4 Å². The van der Waals surface area contributed by atoms with Gasteiger partial charge in [0.05, 0.1) is 7.11 Å². The van der Waals surface area contributed by atoms with Crippen molar-refractivity contribution >= 4 is 5.97 Å². The SMILES string of the molecule is COc1ccccc1-n1nc(C(F)(F)F)c(C#N)c1C(=O)O. The van der Waals surface area contributed by atoms with E-state index in [0.717, 1.165) is 0 Å². The Balaban J connectivity index is 2.85. The lowest BCUT2D eigenvalue weighted by atomic mass is 10.2. The van der Waals surface area contributed by atoms with Crippen molar-refractivity contribution < 1.29 is 27.8 Å². The number of aromatic nitrogens is 2. The van der Waals surface area contributed by atoms with E-state index in [2.05, 4.69) is 5.10 Å². The summed E-state index contributed by atoms with van der Waals surface area (Å²) in [5.74, 6) is -1.59. The third-order valence-electron chi connectivity index (χ3n) is 2.78. The van der Waals surface area contributed by atoms with Gasteiger partial charge in [0.1, 0.15) is 23.1 Å². The summed E-state index contributed by atoms with van der Waals surface area (Å²) < 4.78 is 44.3. The van der Waals surface area contributed by atoms with E-state index in [9.17, 15) is 18.0 Å². The molecule has 22 heavy (non-hydrogen) atoms. The maximum atomic E-state index is 12.9. The molecular weight excluding hydrogens is 303 g/mol. The number of aromatic carboxylic acids is 1. The summed E-state index contributed by atoms with van der Waals surface area (Å²) in [6.45, 7) is 0. The van der Waals surface area contributed by atoms with Crippen LogP contribution in [0.2, 0.25) is 0 Å². The average molecular weight is 311 g/mol. The highest BCUT2D eigenvalue weighted by Crippen LogP contribution is 2.34. The second-order valence-electron chi connectivity index (χ2n) is 4.07. The number of nitrogens with zero attached hydrogens (tertiary/aromatic N) is 3. The molecular formula is C13H8F3N3O3. The number of nitriles is 1. The molecule has 1 N–H and O–H groups in total. The van der Waals surface area contributed by atoms with E-state index in [1.165, 1.54) is 31.4 Å². The molecule has 0 aliphatic carbocycles. The van der Waals surface area contributed by atoms with Gasteiger partial charge in [-0.25, -0.2) is 9.48 Å². The average Bonchev–Trinajstić information content (AvgIpc) is 2.86. The van der Waals surface area contributed by atoms with Crippen LogP contribution in [0.15, 0.2) is 24.3 Å². The zero-order valence-corrected chi connectivity index (χ0v) is 11.0. The Labute approximate surface area is 122 Å². The fourth-order valence-electron chi connectivity index (χ4n) is 1.90. The first-order chi connectivity index (χ1) is 10.3. The minimum absolute atomic E-state index is 0.0191. The number of carbonyl (C=O) groups is 1. The summed E-state index contributed by atoms with van der Waals surface area (Å²) in [6, 6.07) is 7.05. The van der Waals surface area contributed by atoms with Gasteiger partial charge in [0.25, 0.3) is 0 Å². The van der Waals surface area contributed by atoms with Crippen molar-refractivity contribution in [3.63, 3.8) is 0 Å². The lowest BCUT2D eigenvalue weighted by Gasteiger charge is -2.09. The van der Waals surface area contributed by atoms with Crippen LogP contribution in [0, 0.1) is 11.3 Å². The largest absolute Gasteiger partial charge is 0.494 e. The number of hydrogen-bond donors (Lipinski definition) is 1. The van der Waals surface area contributed by atoms with Gasteiger partial charge in [-0.15, -0.1) is 0 Å². The fourth-order valence-corrected chi connectivity index (χ4v) is 1.90. The van der Waals surface area contributed by atoms with E-state index in [0.29, 0.717) is 4.68 Å². The molecule has 1 aromatic carbocycles. The Morgan fingerprint density at radius 3 is 2.55 bits per heavy atom. The van der Waals surface area contributed by atoms with Gasteiger partial charge in [-0.3, -0.25) is 0 Å². The van der Waals surface area contributed by atoms with Gasteiger partial charge in [-0.1, -0.05) is 12.1 Å². The Morgan fingerprint density at radius 2 is 2.05 bits per heavy atom. The highest BCUT2D eigenvalue weighted by atomic mass is 19.4. The van der Waals surface area contributed by atoms with Crippen molar-refractivity contribution in [1.82, 2.24) is 9.78 Å². The topological polar surface area (TPSA) is 88.1 Å². The van der Waals surface area contributed by atoms with Gasteiger partial charge < -0.3 is 9.84 Å². The standard InChI is InChI=1S/C13H8F3N3O3/c1-22-9-5-3-2-4-8(9)19-10(12(20)21)7(6-17)11(18-19)13(14,15)16/h2-5H,1H3,(H,20,21). The van der Waals surface area contributed by atoms with E-state index in [4.69, 9.17) is 15.1 Å². The number of halogens is 3. The smallest absolute Gasteiger partial charge is 0.436 e. The monoisotopic (exact) mass is 311 g/mol. The van der Waals surface area contributed by atoms with E-state index >= 15 is 0 Å². The van der Waals surface area contributed by atoms with Crippen molar-refractivity contribution in [3.05, 3.63) is 41.2 Å². The number of carboxylic acid groups (broad SMARTS) is 1. The Hall–Kier alpha value is -3.02. The summed E-state index contributed by atoms with van der Waals surface area (Å²) in [4.78, 5) is 11.3. The minimum atomic E-state index is -4.96. The molecule has 0 atom stereocenters. The van der Waals surface area contributed by atoms with Crippen LogP contribution >= 0.6 is 0 Å². The summed E-state index contributed by atoms with van der Waals surface area (Å²) in [6.07, 6.45) is -4.96. The third kappa shape index (κ3) is 2.46. The van der Waals surface area contributed by atoms with Crippen molar-refractivity contribution in [2.45, 2.75) is 6.18 Å². The van der Waals surface area contributed by atoms with Crippen molar-refractivity contribution in [3.8, 4) is 17.5 Å². The number of rotatable bonds is 3. The Morgan fingerprint density at radius 1 is 1.41 bits per heavy atom. The van der Waals surface area contributed by atoms with Crippen LogP contribution in [0.1, 0.15) is 21.7 Å². The number of para-hydroxylation sites is 2.